The van der Waals surface area contributed by atoms with Gasteiger partial charge in [0, 0.05) is 13.0 Å². The second-order valence-electron chi connectivity index (χ2n) is 3.26. The number of hydrogen-bond donors (Lipinski definition) is 2. The van der Waals surface area contributed by atoms with Gasteiger partial charge in [-0.2, -0.15) is 0 Å². The van der Waals surface area contributed by atoms with Gasteiger partial charge in [-0.3, -0.25) is 4.79 Å². The number of rotatable bonds is 8. The number of amides is 1. The Morgan fingerprint density at radius 1 is 1.15 bits per heavy atom. The van der Waals surface area contributed by atoms with Gasteiger partial charge < -0.3 is 10.6 Å². The summed E-state index contributed by atoms with van der Waals surface area (Å²) in [5.41, 5.74) is 0. The minimum atomic E-state index is 0.191. The van der Waals surface area contributed by atoms with E-state index in [-0.39, 0.29) is 5.91 Å². The fourth-order valence-electron chi connectivity index (χ4n) is 1.15. The Hall–Kier alpha value is -0.570. The zero-order valence-electron chi connectivity index (χ0n) is 8.86. The molecule has 0 aliphatic heterocycles. The predicted molar refractivity (Wildman–Crippen MR) is 55.7 cm³/mol. The molecule has 3 heteroatoms. The molecular formula is C10H22N2O. The van der Waals surface area contributed by atoms with E-state index < -0.39 is 0 Å². The number of unbranched alkanes of at least 4 members (excludes halogenated alkanes) is 2. The van der Waals surface area contributed by atoms with E-state index in [0.29, 0.717) is 6.42 Å². The van der Waals surface area contributed by atoms with Gasteiger partial charge in [-0.25, -0.2) is 0 Å². The van der Waals surface area contributed by atoms with Crippen molar-refractivity contribution in [2.45, 2.75) is 39.0 Å². The molecule has 0 rings (SSSR count). The molecule has 0 saturated carbocycles. The SMILES string of the molecule is CCCC(=O)NCCCCCNC. The average molecular weight is 186 g/mol. The molecule has 3 nitrogen and oxygen atoms in total. The minimum absolute atomic E-state index is 0.191. The fraction of sp³-hybridized carbons (Fsp3) is 0.900. The van der Waals surface area contributed by atoms with Crippen LogP contribution in [-0.2, 0) is 4.79 Å². The van der Waals surface area contributed by atoms with Crippen LogP contribution in [0.2, 0.25) is 0 Å². The summed E-state index contributed by atoms with van der Waals surface area (Å²) >= 11 is 0. The molecule has 0 aliphatic carbocycles. The van der Waals surface area contributed by atoms with Crippen LogP contribution in [0.1, 0.15) is 39.0 Å². The van der Waals surface area contributed by atoms with Crippen LogP contribution in [0.3, 0.4) is 0 Å². The summed E-state index contributed by atoms with van der Waals surface area (Å²) in [7, 11) is 1.96. The molecule has 0 unspecified atom stereocenters. The van der Waals surface area contributed by atoms with Crippen LogP contribution in [0.25, 0.3) is 0 Å². The smallest absolute Gasteiger partial charge is 0.219 e. The number of nitrogens with one attached hydrogen (secondary N) is 2. The third-order valence-electron chi connectivity index (χ3n) is 1.90. The molecule has 1 amide bonds. The maximum absolute atomic E-state index is 11.0. The van der Waals surface area contributed by atoms with Gasteiger partial charge in [0.1, 0.15) is 0 Å². The van der Waals surface area contributed by atoms with Gasteiger partial charge in [0.05, 0.1) is 0 Å². The Balaban J connectivity index is 3.02. The van der Waals surface area contributed by atoms with Crippen molar-refractivity contribution < 1.29 is 4.79 Å². The van der Waals surface area contributed by atoms with Crippen molar-refractivity contribution in [2.24, 2.45) is 0 Å². The molecule has 0 bridgehead atoms. The zero-order valence-corrected chi connectivity index (χ0v) is 8.86. The maximum atomic E-state index is 11.0. The van der Waals surface area contributed by atoms with Crippen LogP contribution >= 0.6 is 0 Å². The van der Waals surface area contributed by atoms with E-state index >= 15 is 0 Å². The summed E-state index contributed by atoms with van der Waals surface area (Å²) < 4.78 is 0. The highest BCUT2D eigenvalue weighted by atomic mass is 16.1. The van der Waals surface area contributed by atoms with Crippen LogP contribution in [0.5, 0.6) is 0 Å². The summed E-state index contributed by atoms with van der Waals surface area (Å²) in [5, 5.41) is 6.00. The first kappa shape index (κ1) is 12.4. The summed E-state index contributed by atoms with van der Waals surface area (Å²) in [6, 6.07) is 0. The lowest BCUT2D eigenvalue weighted by molar-refractivity contribution is -0.121. The Morgan fingerprint density at radius 2 is 1.85 bits per heavy atom. The van der Waals surface area contributed by atoms with Crippen molar-refractivity contribution in [3.63, 3.8) is 0 Å². The maximum Gasteiger partial charge on any atom is 0.219 e. The Bertz CT molecular complexity index is 126. The molecule has 0 heterocycles. The van der Waals surface area contributed by atoms with Gasteiger partial charge in [0.2, 0.25) is 5.91 Å². The molecule has 0 fully saturated rings. The van der Waals surface area contributed by atoms with E-state index in [0.717, 1.165) is 25.9 Å². The third-order valence-corrected chi connectivity index (χ3v) is 1.90. The molecule has 2 N–H and O–H groups in total. The number of hydrogen-bond acceptors (Lipinski definition) is 2. The first-order valence-electron chi connectivity index (χ1n) is 5.22. The molecular weight excluding hydrogens is 164 g/mol. The van der Waals surface area contributed by atoms with E-state index in [2.05, 4.69) is 10.6 Å². The van der Waals surface area contributed by atoms with Crippen molar-refractivity contribution >= 4 is 5.91 Å². The lowest BCUT2D eigenvalue weighted by Crippen LogP contribution is -2.23. The van der Waals surface area contributed by atoms with Gasteiger partial charge in [0.15, 0.2) is 0 Å². The van der Waals surface area contributed by atoms with Gasteiger partial charge in [-0.05, 0) is 32.9 Å². The molecule has 0 aromatic carbocycles. The summed E-state index contributed by atoms with van der Waals surface area (Å²) in [6.45, 7) is 3.93. The molecule has 0 radical (unpaired) electrons. The van der Waals surface area contributed by atoms with Crippen LogP contribution < -0.4 is 10.6 Å². The van der Waals surface area contributed by atoms with E-state index in [9.17, 15) is 4.79 Å². The molecule has 0 spiro atoms. The highest BCUT2D eigenvalue weighted by Gasteiger charge is 1.96. The fourth-order valence-corrected chi connectivity index (χ4v) is 1.15. The van der Waals surface area contributed by atoms with Crippen molar-refractivity contribution in [1.29, 1.82) is 0 Å². The zero-order chi connectivity index (χ0) is 9.94. The Labute approximate surface area is 81.3 Å². The van der Waals surface area contributed by atoms with E-state index in [1.165, 1.54) is 12.8 Å². The molecule has 13 heavy (non-hydrogen) atoms. The van der Waals surface area contributed by atoms with Crippen LogP contribution in [0.15, 0.2) is 0 Å². The van der Waals surface area contributed by atoms with Crippen LogP contribution in [-0.4, -0.2) is 26.0 Å². The largest absolute Gasteiger partial charge is 0.356 e. The quantitative estimate of drug-likeness (QED) is 0.561. The summed E-state index contributed by atoms with van der Waals surface area (Å²) in [6.07, 6.45) is 5.08. The third kappa shape index (κ3) is 9.34. The van der Waals surface area contributed by atoms with E-state index in [1.54, 1.807) is 0 Å². The molecule has 0 aromatic heterocycles. The monoisotopic (exact) mass is 186 g/mol. The predicted octanol–water partition coefficient (Wildman–Crippen LogP) is 1.29. The Kier molecular flexibility index (Phi) is 9.10. The van der Waals surface area contributed by atoms with E-state index in [1.807, 2.05) is 14.0 Å². The van der Waals surface area contributed by atoms with Crippen molar-refractivity contribution in [2.75, 3.05) is 20.1 Å². The minimum Gasteiger partial charge on any atom is -0.356 e. The van der Waals surface area contributed by atoms with Gasteiger partial charge in [0.25, 0.3) is 0 Å². The van der Waals surface area contributed by atoms with Crippen LogP contribution in [0.4, 0.5) is 0 Å². The second-order valence-corrected chi connectivity index (χ2v) is 3.26. The number of carbonyl (C=O) groups is 1. The van der Waals surface area contributed by atoms with Gasteiger partial charge in [-0.15, -0.1) is 0 Å². The van der Waals surface area contributed by atoms with Crippen LogP contribution in [0, 0.1) is 0 Å². The normalized spacial score (nSPS) is 10.0. The van der Waals surface area contributed by atoms with Crippen molar-refractivity contribution in [3.05, 3.63) is 0 Å². The lowest BCUT2D eigenvalue weighted by Gasteiger charge is -2.03. The molecule has 0 aliphatic rings. The van der Waals surface area contributed by atoms with Gasteiger partial charge in [-0.1, -0.05) is 13.3 Å². The summed E-state index contributed by atoms with van der Waals surface area (Å²) in [4.78, 5) is 11.0. The highest BCUT2D eigenvalue weighted by Crippen LogP contribution is 1.92. The standard InChI is InChI=1S/C10H22N2O/c1-3-7-10(13)12-9-6-4-5-8-11-2/h11H,3-9H2,1-2H3,(H,12,13). The summed E-state index contributed by atoms with van der Waals surface area (Å²) in [5.74, 6) is 0.191. The molecule has 0 aromatic rings. The van der Waals surface area contributed by atoms with Crippen molar-refractivity contribution in [1.82, 2.24) is 10.6 Å². The van der Waals surface area contributed by atoms with E-state index in [4.69, 9.17) is 0 Å². The second kappa shape index (κ2) is 9.52. The lowest BCUT2D eigenvalue weighted by atomic mass is 10.2. The molecule has 78 valence electrons. The Morgan fingerprint density at radius 3 is 2.46 bits per heavy atom. The number of carbonyl (C=O) groups excluding carboxylic acids is 1. The van der Waals surface area contributed by atoms with Crippen molar-refractivity contribution in [3.8, 4) is 0 Å². The molecule has 0 saturated heterocycles. The van der Waals surface area contributed by atoms with Gasteiger partial charge >= 0.3 is 0 Å². The first-order valence-corrected chi connectivity index (χ1v) is 5.22. The topological polar surface area (TPSA) is 41.1 Å². The molecule has 0 atom stereocenters. The highest BCUT2D eigenvalue weighted by molar-refractivity contribution is 5.75. The first-order chi connectivity index (χ1) is 6.31. The average Bonchev–Trinajstić information content (AvgIpc) is 2.11.